The van der Waals surface area contributed by atoms with E-state index in [4.69, 9.17) is 14.0 Å². The molecule has 0 aliphatic carbocycles. The SMILES string of the molecule is CCOP(=O)(Cc1ccc(-c2cn3nc(-c4ccccc4)sc3n2)cc1)OCC. The lowest BCUT2D eigenvalue weighted by atomic mass is 10.1. The van der Waals surface area contributed by atoms with Crippen molar-refractivity contribution < 1.29 is 13.6 Å². The van der Waals surface area contributed by atoms with Gasteiger partial charge in [-0.3, -0.25) is 4.57 Å². The molecular weight excluding hydrogens is 405 g/mol. The van der Waals surface area contributed by atoms with Crippen molar-refractivity contribution >= 4 is 23.9 Å². The molecule has 29 heavy (non-hydrogen) atoms. The van der Waals surface area contributed by atoms with Crippen LogP contribution in [0.1, 0.15) is 19.4 Å². The van der Waals surface area contributed by atoms with Gasteiger partial charge in [0.1, 0.15) is 5.01 Å². The molecule has 8 heteroatoms. The molecule has 0 aliphatic heterocycles. The summed E-state index contributed by atoms with van der Waals surface area (Å²) in [7, 11) is -3.10. The lowest BCUT2D eigenvalue weighted by Crippen LogP contribution is -1.99. The van der Waals surface area contributed by atoms with Crippen LogP contribution >= 0.6 is 18.9 Å². The lowest BCUT2D eigenvalue weighted by molar-refractivity contribution is 0.219. The van der Waals surface area contributed by atoms with Crippen LogP contribution in [0.3, 0.4) is 0 Å². The van der Waals surface area contributed by atoms with Crippen molar-refractivity contribution in [3.63, 3.8) is 0 Å². The Morgan fingerprint density at radius 1 is 0.966 bits per heavy atom. The van der Waals surface area contributed by atoms with E-state index in [-0.39, 0.29) is 6.16 Å². The number of fused-ring (bicyclic) bond motifs is 1. The predicted octanol–water partition coefficient (Wildman–Crippen LogP) is 5.89. The van der Waals surface area contributed by atoms with E-state index >= 15 is 0 Å². The highest BCUT2D eigenvalue weighted by Crippen LogP contribution is 2.51. The number of rotatable bonds is 8. The van der Waals surface area contributed by atoms with Crippen LogP contribution in [0.15, 0.2) is 60.8 Å². The summed E-state index contributed by atoms with van der Waals surface area (Å²) in [6.45, 7) is 4.35. The van der Waals surface area contributed by atoms with Gasteiger partial charge in [-0.1, -0.05) is 65.9 Å². The van der Waals surface area contributed by atoms with Gasteiger partial charge >= 0.3 is 7.60 Å². The molecule has 2 aromatic carbocycles. The molecule has 0 atom stereocenters. The van der Waals surface area contributed by atoms with Crippen LogP contribution < -0.4 is 0 Å². The van der Waals surface area contributed by atoms with Crippen LogP contribution in [-0.4, -0.2) is 27.8 Å². The zero-order valence-electron chi connectivity index (χ0n) is 16.3. The first-order valence-corrected chi connectivity index (χ1v) is 12.0. The molecular formula is C21H22N3O3PS. The number of imidazole rings is 1. The zero-order chi connectivity index (χ0) is 20.3. The molecule has 4 rings (SSSR count). The maximum absolute atomic E-state index is 12.7. The summed E-state index contributed by atoms with van der Waals surface area (Å²) in [6, 6.07) is 17.9. The largest absolute Gasteiger partial charge is 0.335 e. The number of nitrogens with zero attached hydrogens (tertiary/aromatic N) is 3. The predicted molar refractivity (Wildman–Crippen MR) is 116 cm³/mol. The Morgan fingerprint density at radius 3 is 2.28 bits per heavy atom. The molecule has 150 valence electrons. The average molecular weight is 427 g/mol. The van der Waals surface area contributed by atoms with Gasteiger partial charge in [0.05, 0.1) is 31.3 Å². The van der Waals surface area contributed by atoms with Gasteiger partial charge < -0.3 is 9.05 Å². The molecule has 4 aromatic rings. The Hall–Kier alpha value is -2.31. The van der Waals surface area contributed by atoms with Gasteiger partial charge in [-0.25, -0.2) is 9.50 Å². The second-order valence-corrected chi connectivity index (χ2v) is 9.44. The third kappa shape index (κ3) is 4.49. The van der Waals surface area contributed by atoms with Crippen LogP contribution in [0.2, 0.25) is 0 Å². The second-order valence-electron chi connectivity index (χ2n) is 6.43. The number of hydrogen-bond acceptors (Lipinski definition) is 6. The maximum atomic E-state index is 12.7. The first kappa shape index (κ1) is 20.0. The fraction of sp³-hybridized carbons (Fsp3) is 0.238. The minimum absolute atomic E-state index is 0.259. The molecule has 2 heterocycles. The van der Waals surface area contributed by atoms with Crippen molar-refractivity contribution in [1.29, 1.82) is 0 Å². The van der Waals surface area contributed by atoms with E-state index < -0.39 is 7.60 Å². The highest BCUT2D eigenvalue weighted by molar-refractivity contribution is 7.53. The summed E-state index contributed by atoms with van der Waals surface area (Å²) >= 11 is 1.56. The maximum Gasteiger partial charge on any atom is 0.335 e. The minimum Gasteiger partial charge on any atom is -0.309 e. The van der Waals surface area contributed by atoms with Gasteiger partial charge in [0.15, 0.2) is 0 Å². The third-order valence-corrected chi connectivity index (χ3v) is 7.37. The third-order valence-electron chi connectivity index (χ3n) is 4.34. The van der Waals surface area contributed by atoms with Crippen LogP contribution in [0, 0.1) is 0 Å². The van der Waals surface area contributed by atoms with Crippen molar-refractivity contribution in [2.75, 3.05) is 13.2 Å². The monoisotopic (exact) mass is 427 g/mol. The lowest BCUT2D eigenvalue weighted by Gasteiger charge is -2.17. The Bertz CT molecular complexity index is 1100. The normalized spacial score (nSPS) is 11.9. The van der Waals surface area contributed by atoms with Crippen molar-refractivity contribution in [1.82, 2.24) is 14.6 Å². The highest BCUT2D eigenvalue weighted by atomic mass is 32.1. The van der Waals surface area contributed by atoms with E-state index in [1.54, 1.807) is 11.3 Å². The smallest absolute Gasteiger partial charge is 0.309 e. The first-order valence-electron chi connectivity index (χ1n) is 9.49. The van der Waals surface area contributed by atoms with Crippen molar-refractivity contribution in [3.05, 3.63) is 66.4 Å². The molecule has 0 fully saturated rings. The summed E-state index contributed by atoms with van der Waals surface area (Å²) in [5, 5.41) is 5.58. The van der Waals surface area contributed by atoms with Gasteiger partial charge in [-0.05, 0) is 19.4 Å². The summed E-state index contributed by atoms with van der Waals surface area (Å²) in [4.78, 5) is 5.55. The molecule has 0 bridgehead atoms. The van der Waals surface area contributed by atoms with Crippen molar-refractivity contribution in [2.24, 2.45) is 0 Å². The molecule has 0 N–H and O–H groups in total. The van der Waals surface area contributed by atoms with Crippen LogP contribution in [-0.2, 0) is 19.8 Å². The van der Waals surface area contributed by atoms with E-state index in [1.165, 1.54) is 0 Å². The Balaban J connectivity index is 1.53. The minimum atomic E-state index is -3.10. The van der Waals surface area contributed by atoms with E-state index in [0.29, 0.717) is 13.2 Å². The summed E-state index contributed by atoms with van der Waals surface area (Å²) in [5.74, 6) is 0. The highest BCUT2D eigenvalue weighted by Gasteiger charge is 2.24. The van der Waals surface area contributed by atoms with E-state index in [1.807, 2.05) is 79.2 Å². The van der Waals surface area contributed by atoms with Crippen LogP contribution in [0.5, 0.6) is 0 Å². The van der Waals surface area contributed by atoms with Crippen molar-refractivity contribution in [2.45, 2.75) is 20.0 Å². The van der Waals surface area contributed by atoms with Crippen LogP contribution in [0.4, 0.5) is 0 Å². The molecule has 2 aromatic heterocycles. The van der Waals surface area contributed by atoms with Crippen LogP contribution in [0.25, 0.3) is 26.8 Å². The number of benzene rings is 2. The van der Waals surface area contributed by atoms with Gasteiger partial charge in [0.25, 0.3) is 0 Å². The molecule has 0 spiro atoms. The fourth-order valence-electron chi connectivity index (χ4n) is 3.06. The Morgan fingerprint density at radius 2 is 1.66 bits per heavy atom. The van der Waals surface area contributed by atoms with Gasteiger partial charge in [-0.2, -0.15) is 5.10 Å². The van der Waals surface area contributed by atoms with Crippen molar-refractivity contribution in [3.8, 4) is 21.8 Å². The topological polar surface area (TPSA) is 65.7 Å². The second kappa shape index (κ2) is 8.59. The molecule has 0 saturated carbocycles. The molecule has 0 radical (unpaired) electrons. The molecule has 0 aliphatic rings. The molecule has 0 saturated heterocycles. The van der Waals surface area contributed by atoms with E-state index in [9.17, 15) is 4.57 Å². The summed E-state index contributed by atoms with van der Waals surface area (Å²) < 4.78 is 25.3. The summed E-state index contributed by atoms with van der Waals surface area (Å²) in [5.41, 5.74) is 3.83. The molecule has 0 unspecified atom stereocenters. The Kier molecular flexibility index (Phi) is 5.92. The van der Waals surface area contributed by atoms with Gasteiger partial charge in [-0.15, -0.1) is 0 Å². The fourth-order valence-corrected chi connectivity index (χ4v) is 5.65. The zero-order valence-corrected chi connectivity index (χ0v) is 18.0. The number of aromatic nitrogens is 3. The quantitative estimate of drug-likeness (QED) is 0.328. The van der Waals surface area contributed by atoms with Gasteiger partial charge in [0.2, 0.25) is 4.96 Å². The molecule has 6 nitrogen and oxygen atoms in total. The van der Waals surface area contributed by atoms with E-state index in [2.05, 4.69) is 5.10 Å². The average Bonchev–Trinajstić information content (AvgIpc) is 3.29. The summed E-state index contributed by atoms with van der Waals surface area (Å²) in [6.07, 6.45) is 2.19. The molecule has 0 amide bonds. The number of hydrogen-bond donors (Lipinski definition) is 0. The van der Waals surface area contributed by atoms with E-state index in [0.717, 1.165) is 32.4 Å². The first-order chi connectivity index (χ1) is 14.1. The Labute approximate surface area is 173 Å². The van der Waals surface area contributed by atoms with Gasteiger partial charge in [0, 0.05) is 11.1 Å². The standard InChI is InChI=1S/C21H22N3O3PS/c1-3-26-28(25,27-4-2)15-16-10-12-17(13-11-16)19-14-24-21(22-19)29-20(23-24)18-8-6-5-7-9-18/h5-14H,3-4,15H2,1-2H3.